The van der Waals surface area contributed by atoms with E-state index in [4.69, 9.17) is 13.9 Å². The van der Waals surface area contributed by atoms with E-state index < -0.39 is 0 Å². The van der Waals surface area contributed by atoms with Crippen molar-refractivity contribution in [1.82, 2.24) is 10.6 Å². The van der Waals surface area contributed by atoms with Crippen LogP contribution < -0.4 is 20.1 Å². The number of carbonyl (C=O) groups is 1. The van der Waals surface area contributed by atoms with Gasteiger partial charge in [-0.2, -0.15) is 0 Å². The second-order valence-electron chi connectivity index (χ2n) is 5.08. The Morgan fingerprint density at radius 2 is 2.00 bits per heavy atom. The number of hydrogen-bond acceptors (Lipinski definition) is 5. The Morgan fingerprint density at radius 1 is 1.22 bits per heavy atom. The number of nitrogens with one attached hydrogen (secondary N) is 2. The minimum absolute atomic E-state index is 0.0168. The van der Waals surface area contributed by atoms with Crippen molar-refractivity contribution in [3.63, 3.8) is 0 Å². The predicted octanol–water partition coefficient (Wildman–Crippen LogP) is 2.26. The van der Waals surface area contributed by atoms with Gasteiger partial charge in [0.05, 0.1) is 33.1 Å². The molecular formula is C17H22N2O4. The average molecular weight is 318 g/mol. The fourth-order valence-electron chi connectivity index (χ4n) is 2.14. The fraction of sp³-hybridized carbons (Fsp3) is 0.353. The molecule has 2 rings (SSSR count). The first-order chi connectivity index (χ1) is 11.1. The molecule has 0 aliphatic heterocycles. The molecule has 0 saturated heterocycles. The predicted molar refractivity (Wildman–Crippen MR) is 86.5 cm³/mol. The molecule has 0 radical (unpaired) electrons. The normalized spacial score (nSPS) is 11.8. The monoisotopic (exact) mass is 318 g/mol. The number of hydrogen-bond donors (Lipinski definition) is 2. The summed E-state index contributed by atoms with van der Waals surface area (Å²) in [5.41, 5.74) is 0.940. The van der Waals surface area contributed by atoms with E-state index >= 15 is 0 Å². The van der Waals surface area contributed by atoms with Gasteiger partial charge in [-0.3, -0.25) is 10.1 Å². The summed E-state index contributed by atoms with van der Waals surface area (Å²) in [5.74, 6) is 2.02. The van der Waals surface area contributed by atoms with E-state index in [0.29, 0.717) is 18.0 Å². The Kier molecular flexibility index (Phi) is 6.05. The summed E-state index contributed by atoms with van der Waals surface area (Å²) in [4.78, 5) is 11.9. The maximum atomic E-state index is 11.9. The van der Waals surface area contributed by atoms with Gasteiger partial charge in [0.2, 0.25) is 5.91 Å². The first-order valence-electron chi connectivity index (χ1n) is 7.38. The minimum Gasteiger partial charge on any atom is -0.493 e. The summed E-state index contributed by atoms with van der Waals surface area (Å²) in [6, 6.07) is 9.23. The summed E-state index contributed by atoms with van der Waals surface area (Å²) in [6.45, 7) is 2.59. The minimum atomic E-state index is -0.0850. The van der Waals surface area contributed by atoms with Crippen LogP contribution in [0.5, 0.6) is 11.5 Å². The van der Waals surface area contributed by atoms with Crippen LogP contribution in [0.1, 0.15) is 24.3 Å². The number of methoxy groups -OCH3 is 2. The Hall–Kier alpha value is -2.47. The summed E-state index contributed by atoms with van der Waals surface area (Å²) in [6.07, 6.45) is 1.62. The number of carbonyl (C=O) groups excluding carboxylic acids is 1. The summed E-state index contributed by atoms with van der Waals surface area (Å²) in [7, 11) is 3.17. The zero-order valence-corrected chi connectivity index (χ0v) is 13.6. The molecule has 1 amide bonds. The van der Waals surface area contributed by atoms with Crippen molar-refractivity contribution in [3.8, 4) is 11.5 Å². The fourth-order valence-corrected chi connectivity index (χ4v) is 2.14. The van der Waals surface area contributed by atoms with Crippen LogP contribution in [0, 0.1) is 0 Å². The third kappa shape index (κ3) is 4.75. The van der Waals surface area contributed by atoms with Gasteiger partial charge < -0.3 is 19.2 Å². The molecule has 6 heteroatoms. The van der Waals surface area contributed by atoms with Gasteiger partial charge in [0, 0.05) is 6.54 Å². The third-order valence-corrected chi connectivity index (χ3v) is 3.48. The molecule has 1 heterocycles. The van der Waals surface area contributed by atoms with E-state index in [9.17, 15) is 4.79 Å². The van der Waals surface area contributed by atoms with Crippen LogP contribution in [0.15, 0.2) is 41.0 Å². The van der Waals surface area contributed by atoms with Gasteiger partial charge in [-0.05, 0) is 36.8 Å². The summed E-state index contributed by atoms with van der Waals surface area (Å²) in [5, 5.41) is 5.97. The van der Waals surface area contributed by atoms with Gasteiger partial charge >= 0.3 is 0 Å². The molecule has 0 saturated carbocycles. The van der Waals surface area contributed by atoms with Gasteiger partial charge in [-0.1, -0.05) is 6.07 Å². The van der Waals surface area contributed by atoms with Crippen LogP contribution in [0.25, 0.3) is 0 Å². The zero-order chi connectivity index (χ0) is 16.7. The largest absolute Gasteiger partial charge is 0.493 e. The third-order valence-electron chi connectivity index (χ3n) is 3.48. The van der Waals surface area contributed by atoms with Crippen molar-refractivity contribution in [1.29, 1.82) is 0 Å². The van der Waals surface area contributed by atoms with Crippen molar-refractivity contribution in [3.05, 3.63) is 47.9 Å². The molecule has 2 aromatic rings. The Labute approximate surface area is 135 Å². The van der Waals surface area contributed by atoms with Crippen molar-refractivity contribution < 1.29 is 18.7 Å². The maximum absolute atomic E-state index is 11.9. The van der Waals surface area contributed by atoms with Gasteiger partial charge in [0.25, 0.3) is 0 Å². The highest BCUT2D eigenvalue weighted by Gasteiger charge is 2.10. The molecule has 2 N–H and O–H groups in total. The lowest BCUT2D eigenvalue weighted by molar-refractivity contribution is -0.120. The number of ether oxygens (including phenoxy) is 2. The highest BCUT2D eigenvalue weighted by atomic mass is 16.5. The highest BCUT2D eigenvalue weighted by Crippen LogP contribution is 2.27. The van der Waals surface area contributed by atoms with Crippen molar-refractivity contribution >= 4 is 5.91 Å². The molecule has 1 atom stereocenters. The maximum Gasteiger partial charge on any atom is 0.234 e. The molecule has 0 aliphatic carbocycles. The van der Waals surface area contributed by atoms with Crippen LogP contribution in [-0.4, -0.2) is 26.7 Å². The highest BCUT2D eigenvalue weighted by molar-refractivity contribution is 5.78. The van der Waals surface area contributed by atoms with E-state index in [1.165, 1.54) is 0 Å². The first-order valence-corrected chi connectivity index (χ1v) is 7.38. The van der Waals surface area contributed by atoms with Gasteiger partial charge in [0.15, 0.2) is 11.5 Å². The molecule has 0 aliphatic rings. The topological polar surface area (TPSA) is 72.7 Å². The number of amides is 1. The number of rotatable bonds is 8. The smallest absolute Gasteiger partial charge is 0.234 e. The van der Waals surface area contributed by atoms with Crippen molar-refractivity contribution in [2.24, 2.45) is 0 Å². The summed E-state index contributed by atoms with van der Waals surface area (Å²) < 4.78 is 15.7. The quantitative estimate of drug-likeness (QED) is 0.781. The van der Waals surface area contributed by atoms with E-state index in [0.717, 1.165) is 11.3 Å². The molecule has 23 heavy (non-hydrogen) atoms. The van der Waals surface area contributed by atoms with E-state index in [2.05, 4.69) is 10.6 Å². The Morgan fingerprint density at radius 3 is 2.65 bits per heavy atom. The van der Waals surface area contributed by atoms with Crippen molar-refractivity contribution in [2.75, 3.05) is 20.8 Å². The molecule has 0 bridgehead atoms. The Bertz CT molecular complexity index is 626. The molecule has 0 unspecified atom stereocenters. The lowest BCUT2D eigenvalue weighted by Crippen LogP contribution is -2.34. The molecule has 124 valence electrons. The second kappa shape index (κ2) is 8.24. The van der Waals surface area contributed by atoms with Gasteiger partial charge in [0.1, 0.15) is 5.76 Å². The standard InChI is InChI=1S/C17H22N2O4/c1-12(14-5-4-8-23-14)18-11-17(20)19-10-13-6-7-15(21-2)16(9-13)22-3/h4-9,12,18H,10-11H2,1-3H3,(H,19,20)/t12-/m0/s1. The number of benzene rings is 1. The molecule has 1 aromatic heterocycles. The van der Waals surface area contributed by atoms with Crippen LogP contribution in [0.4, 0.5) is 0 Å². The zero-order valence-electron chi connectivity index (χ0n) is 13.6. The van der Waals surface area contributed by atoms with E-state index in [1.54, 1.807) is 20.5 Å². The SMILES string of the molecule is COc1ccc(CNC(=O)CN[C@@H](C)c2ccco2)cc1OC. The van der Waals surface area contributed by atoms with E-state index in [-0.39, 0.29) is 18.5 Å². The molecule has 0 spiro atoms. The lowest BCUT2D eigenvalue weighted by atomic mass is 10.2. The number of furan rings is 1. The second-order valence-corrected chi connectivity index (χ2v) is 5.08. The molecule has 6 nitrogen and oxygen atoms in total. The van der Waals surface area contributed by atoms with Crippen molar-refractivity contribution in [2.45, 2.75) is 19.5 Å². The van der Waals surface area contributed by atoms with Gasteiger partial charge in [-0.25, -0.2) is 0 Å². The van der Waals surface area contributed by atoms with E-state index in [1.807, 2.05) is 37.3 Å². The average Bonchev–Trinajstić information content (AvgIpc) is 3.12. The lowest BCUT2D eigenvalue weighted by Gasteiger charge is -2.12. The first kappa shape index (κ1) is 16.9. The Balaban J connectivity index is 1.80. The molecule has 1 aromatic carbocycles. The van der Waals surface area contributed by atoms with Crippen LogP contribution in [0.2, 0.25) is 0 Å². The molecule has 0 fully saturated rings. The van der Waals surface area contributed by atoms with Crippen LogP contribution in [0.3, 0.4) is 0 Å². The van der Waals surface area contributed by atoms with Crippen LogP contribution >= 0.6 is 0 Å². The summed E-state index contributed by atoms with van der Waals surface area (Å²) >= 11 is 0. The molecular weight excluding hydrogens is 296 g/mol. The van der Waals surface area contributed by atoms with Gasteiger partial charge in [-0.15, -0.1) is 0 Å². The van der Waals surface area contributed by atoms with Crippen LogP contribution in [-0.2, 0) is 11.3 Å².